The van der Waals surface area contributed by atoms with Crippen LogP contribution in [0.4, 0.5) is 4.39 Å². The standard InChI is InChI=1S/C43H59FN8O7/c1-6-9-20-33(48-39(55)34(25-30-18-14-22-46-27-30)49-37(53)32(8-3)45-4)38(54)50-35(24-29-16-12-11-13-17-29)40(56)51-43(44,21-10-7-2)42(59)52(5)36(41(57)58)26-31-19-15-23-47-28-31/h11-19,22-23,27-28,32-36,45H,6-10,20-21,24-26H2,1-5H3,(H,48,55)(H,49,53)(H,50,54)(H,51,56)(H,57,58)/t32-,33-,34-,35-,36-,43-/m0/s1. The summed E-state index contributed by atoms with van der Waals surface area (Å²) in [7, 11) is 2.80. The van der Waals surface area contributed by atoms with Crippen molar-refractivity contribution in [2.45, 2.75) is 121 Å². The molecule has 0 unspecified atom stereocenters. The first-order chi connectivity index (χ1) is 28.3. The maximum Gasteiger partial charge on any atom is 0.326 e. The summed E-state index contributed by atoms with van der Waals surface area (Å²) in [6, 6.07) is 9.65. The van der Waals surface area contributed by atoms with Crippen molar-refractivity contribution in [1.82, 2.24) is 41.5 Å². The molecular formula is C43H59FN8O7. The number of hydrogen-bond acceptors (Lipinski definition) is 9. The van der Waals surface area contributed by atoms with Gasteiger partial charge in [0.05, 0.1) is 6.04 Å². The summed E-state index contributed by atoms with van der Waals surface area (Å²) in [6.07, 6.45) is 7.90. The predicted molar refractivity (Wildman–Crippen MR) is 220 cm³/mol. The van der Waals surface area contributed by atoms with Gasteiger partial charge in [-0.2, -0.15) is 0 Å². The summed E-state index contributed by atoms with van der Waals surface area (Å²) in [5.41, 5.74) is 1.79. The van der Waals surface area contributed by atoms with Gasteiger partial charge in [0.15, 0.2) is 0 Å². The maximum absolute atomic E-state index is 17.1. The minimum Gasteiger partial charge on any atom is -0.480 e. The molecule has 6 atom stereocenters. The molecule has 0 aliphatic carbocycles. The number of nitrogens with zero attached hydrogens (tertiary/aromatic N) is 3. The van der Waals surface area contributed by atoms with Gasteiger partial charge in [0.2, 0.25) is 23.6 Å². The molecule has 0 aliphatic rings. The molecule has 59 heavy (non-hydrogen) atoms. The Hall–Kier alpha value is -5.77. The Bertz CT molecular complexity index is 1800. The first-order valence-electron chi connectivity index (χ1n) is 20.2. The third kappa shape index (κ3) is 14.8. The van der Waals surface area contributed by atoms with Gasteiger partial charge in [-0.25, -0.2) is 9.18 Å². The second-order valence-electron chi connectivity index (χ2n) is 14.6. The Morgan fingerprint density at radius 2 is 1.20 bits per heavy atom. The second kappa shape index (κ2) is 24.2. The number of nitrogens with one attached hydrogen (secondary N) is 5. The predicted octanol–water partition coefficient (Wildman–Crippen LogP) is 3.03. The number of aromatic nitrogens is 2. The van der Waals surface area contributed by atoms with Crippen LogP contribution < -0.4 is 26.6 Å². The lowest BCUT2D eigenvalue weighted by Gasteiger charge is -2.34. The number of alkyl halides is 1. The van der Waals surface area contributed by atoms with Crippen LogP contribution in [-0.2, 0) is 48.0 Å². The Morgan fingerprint density at radius 3 is 1.73 bits per heavy atom. The van der Waals surface area contributed by atoms with E-state index in [1.54, 1.807) is 81.0 Å². The molecule has 16 heteroatoms. The number of pyridine rings is 2. The average Bonchev–Trinajstić information content (AvgIpc) is 3.23. The molecule has 0 bridgehead atoms. The Balaban J connectivity index is 1.93. The molecule has 6 N–H and O–H groups in total. The van der Waals surface area contributed by atoms with Crippen LogP contribution in [-0.4, -0.2) is 106 Å². The normalized spacial score (nSPS) is 14.6. The second-order valence-corrected chi connectivity index (χ2v) is 14.6. The maximum atomic E-state index is 17.1. The minimum atomic E-state index is -3.04. The van der Waals surface area contributed by atoms with E-state index in [-0.39, 0.29) is 32.1 Å². The highest BCUT2D eigenvalue weighted by molar-refractivity contribution is 5.97. The summed E-state index contributed by atoms with van der Waals surface area (Å²) in [6.45, 7) is 5.51. The van der Waals surface area contributed by atoms with Crippen molar-refractivity contribution in [2.75, 3.05) is 14.1 Å². The molecule has 0 saturated carbocycles. The van der Waals surface area contributed by atoms with Crippen LogP contribution in [0.15, 0.2) is 79.4 Å². The van der Waals surface area contributed by atoms with Crippen LogP contribution in [0.5, 0.6) is 0 Å². The Labute approximate surface area is 345 Å². The molecule has 2 heterocycles. The summed E-state index contributed by atoms with van der Waals surface area (Å²) < 4.78 is 17.1. The van der Waals surface area contributed by atoms with Crippen molar-refractivity contribution in [3.8, 4) is 0 Å². The largest absolute Gasteiger partial charge is 0.480 e. The topological polar surface area (TPSA) is 212 Å². The van der Waals surface area contributed by atoms with E-state index in [1.807, 2.05) is 13.8 Å². The first kappa shape index (κ1) is 47.6. The average molecular weight is 819 g/mol. The highest BCUT2D eigenvalue weighted by Gasteiger charge is 2.46. The molecule has 0 aliphatic heterocycles. The van der Waals surface area contributed by atoms with Crippen LogP contribution in [0.2, 0.25) is 0 Å². The van der Waals surface area contributed by atoms with Gasteiger partial charge in [-0.1, -0.05) is 82.5 Å². The molecular weight excluding hydrogens is 760 g/mol. The van der Waals surface area contributed by atoms with Crippen molar-refractivity contribution < 1.29 is 38.3 Å². The number of halogens is 1. The zero-order valence-corrected chi connectivity index (χ0v) is 34.6. The van der Waals surface area contributed by atoms with E-state index in [4.69, 9.17) is 0 Å². The highest BCUT2D eigenvalue weighted by Crippen LogP contribution is 2.23. The van der Waals surface area contributed by atoms with E-state index < -0.39 is 77.9 Å². The van der Waals surface area contributed by atoms with Crippen molar-refractivity contribution in [3.05, 3.63) is 96.1 Å². The molecule has 0 fully saturated rings. The van der Waals surface area contributed by atoms with E-state index in [2.05, 4.69) is 36.6 Å². The van der Waals surface area contributed by atoms with Gasteiger partial charge in [0, 0.05) is 57.5 Å². The molecule has 1 aromatic carbocycles. The lowest BCUT2D eigenvalue weighted by molar-refractivity contribution is -0.158. The zero-order valence-electron chi connectivity index (χ0n) is 34.6. The summed E-state index contributed by atoms with van der Waals surface area (Å²) in [5.74, 6) is -8.49. The number of rotatable bonds is 25. The van der Waals surface area contributed by atoms with Crippen LogP contribution in [0, 0.1) is 0 Å². The smallest absolute Gasteiger partial charge is 0.326 e. The van der Waals surface area contributed by atoms with Crippen molar-refractivity contribution >= 4 is 35.5 Å². The molecule has 2 aromatic heterocycles. The number of likely N-dealkylation sites (N-methyl/N-ethyl adjacent to an activating group) is 2. The minimum absolute atomic E-state index is 0.0799. The number of carboxylic acids is 1. The summed E-state index contributed by atoms with van der Waals surface area (Å²) in [5, 5.41) is 23.5. The van der Waals surface area contributed by atoms with E-state index in [0.717, 1.165) is 4.90 Å². The van der Waals surface area contributed by atoms with Gasteiger partial charge < -0.3 is 36.6 Å². The van der Waals surface area contributed by atoms with Gasteiger partial charge in [-0.15, -0.1) is 0 Å². The lowest BCUT2D eigenvalue weighted by atomic mass is 10.00. The molecule has 3 aromatic rings. The fourth-order valence-corrected chi connectivity index (χ4v) is 6.52. The van der Waals surface area contributed by atoms with Gasteiger partial charge in [0.25, 0.3) is 11.7 Å². The van der Waals surface area contributed by atoms with E-state index >= 15 is 4.39 Å². The Morgan fingerprint density at radius 1 is 0.695 bits per heavy atom. The number of carbonyl (C=O) groups is 6. The van der Waals surface area contributed by atoms with Gasteiger partial charge >= 0.3 is 5.97 Å². The molecule has 0 spiro atoms. The van der Waals surface area contributed by atoms with Gasteiger partial charge in [0.1, 0.15) is 24.2 Å². The number of hydrogen-bond donors (Lipinski definition) is 6. The summed E-state index contributed by atoms with van der Waals surface area (Å²) in [4.78, 5) is 90.6. The molecule has 0 saturated heterocycles. The zero-order chi connectivity index (χ0) is 43.4. The fourth-order valence-electron chi connectivity index (χ4n) is 6.52. The quantitative estimate of drug-likeness (QED) is 0.0689. The Kier molecular flexibility index (Phi) is 19.5. The van der Waals surface area contributed by atoms with Crippen LogP contribution >= 0.6 is 0 Å². The van der Waals surface area contributed by atoms with Crippen molar-refractivity contribution in [2.24, 2.45) is 0 Å². The van der Waals surface area contributed by atoms with Crippen molar-refractivity contribution in [3.63, 3.8) is 0 Å². The van der Waals surface area contributed by atoms with Gasteiger partial charge in [-0.3, -0.25) is 33.9 Å². The monoisotopic (exact) mass is 818 g/mol. The van der Waals surface area contributed by atoms with Crippen molar-refractivity contribution in [1.29, 1.82) is 0 Å². The molecule has 15 nitrogen and oxygen atoms in total. The van der Waals surface area contributed by atoms with Crippen LogP contribution in [0.1, 0.15) is 82.4 Å². The van der Waals surface area contributed by atoms with E-state index in [9.17, 15) is 33.9 Å². The SMILES string of the molecule is CCCC[C@H](NC(=O)[C@H](Cc1cccnc1)NC(=O)[C@H](CC)NC)C(=O)N[C@@H](Cc1ccccc1)C(=O)N[C@@](F)(CCCC)C(=O)N(C)[C@@H](Cc1cccnc1)C(=O)O. The number of amides is 5. The number of benzene rings is 1. The van der Waals surface area contributed by atoms with Crippen LogP contribution in [0.3, 0.4) is 0 Å². The third-order valence-corrected chi connectivity index (χ3v) is 10.0. The summed E-state index contributed by atoms with van der Waals surface area (Å²) >= 11 is 0. The molecule has 320 valence electrons. The number of carboxylic acid groups (broad SMARTS) is 1. The van der Waals surface area contributed by atoms with Crippen LogP contribution in [0.25, 0.3) is 0 Å². The number of carbonyl (C=O) groups excluding carboxylic acids is 5. The van der Waals surface area contributed by atoms with E-state index in [1.165, 1.54) is 19.4 Å². The third-order valence-electron chi connectivity index (χ3n) is 10.0. The van der Waals surface area contributed by atoms with E-state index in [0.29, 0.717) is 42.4 Å². The first-order valence-corrected chi connectivity index (χ1v) is 20.2. The number of aliphatic carboxylic acids is 1. The number of unbranched alkanes of at least 4 members (excludes halogenated alkanes) is 2. The van der Waals surface area contributed by atoms with Gasteiger partial charge in [-0.05, 0) is 55.1 Å². The molecule has 3 rings (SSSR count). The molecule has 5 amide bonds. The highest BCUT2D eigenvalue weighted by atomic mass is 19.1. The molecule has 0 radical (unpaired) electrons. The fraction of sp³-hybridized carbons (Fsp3) is 0.488. The lowest BCUT2D eigenvalue weighted by Crippen LogP contribution is -2.63.